The molecule has 5 fully saturated rings. The van der Waals surface area contributed by atoms with Crippen molar-refractivity contribution in [3.63, 3.8) is 0 Å². The largest absolute Gasteiger partial charge is 0.385 e. The Labute approximate surface area is 207 Å². The maximum atomic E-state index is 13.8. The van der Waals surface area contributed by atoms with E-state index in [-0.39, 0.29) is 24.0 Å². The van der Waals surface area contributed by atoms with Crippen molar-refractivity contribution in [3.05, 3.63) is 17.5 Å². The van der Waals surface area contributed by atoms with Crippen LogP contribution in [0.3, 0.4) is 0 Å². The number of hydrogen-bond donors (Lipinski definition) is 1. The quantitative estimate of drug-likeness (QED) is 0.507. The zero-order valence-electron chi connectivity index (χ0n) is 20.5. The normalized spacial score (nSPS) is 33.9. The number of piperidine rings is 1. The smallest absolute Gasteiger partial charge is 0.282 e. The molecule has 3 unspecified atom stereocenters. The minimum absolute atomic E-state index is 0.0404. The highest BCUT2D eigenvalue weighted by atomic mass is 32.2. The molecule has 4 bridgehead atoms. The molecule has 4 saturated heterocycles. The number of aromatic nitrogens is 1. The molecule has 1 aliphatic carbocycles. The van der Waals surface area contributed by atoms with Gasteiger partial charge in [0.1, 0.15) is 5.76 Å². The van der Waals surface area contributed by atoms with Crippen LogP contribution in [-0.4, -0.2) is 96.6 Å². The second-order valence-electron chi connectivity index (χ2n) is 11.0. The van der Waals surface area contributed by atoms with E-state index in [0.29, 0.717) is 49.6 Å². The van der Waals surface area contributed by atoms with Crippen LogP contribution >= 0.6 is 0 Å². The van der Waals surface area contributed by atoms with Crippen LogP contribution in [0.25, 0.3) is 0 Å². The Morgan fingerprint density at radius 1 is 1.09 bits per heavy atom. The zero-order chi connectivity index (χ0) is 24.2. The maximum absolute atomic E-state index is 13.8. The summed E-state index contributed by atoms with van der Waals surface area (Å²) in [5.74, 6) is 0.988. The third-order valence-electron chi connectivity index (χ3n) is 8.70. The van der Waals surface area contributed by atoms with E-state index in [0.717, 1.165) is 63.9 Å². The number of ether oxygens (including phenoxy) is 1. The van der Waals surface area contributed by atoms with Crippen LogP contribution in [0.5, 0.6) is 0 Å². The highest BCUT2D eigenvalue weighted by molar-refractivity contribution is 7.86. The summed E-state index contributed by atoms with van der Waals surface area (Å²) in [6.07, 6.45) is 8.32. The molecule has 6 rings (SSSR count). The van der Waals surface area contributed by atoms with Gasteiger partial charge in [-0.1, -0.05) is 5.16 Å². The molecular weight excluding hydrogens is 470 g/mol. The highest BCUT2D eigenvalue weighted by Crippen LogP contribution is 2.42. The number of piperazine rings is 1. The molecule has 194 valence electrons. The standard InChI is InChI=1S/C24H37N5O5S/c1-33-10-2-9-28-20-7-8-21(28)15-27(14-20)35(31,32)29-18-5-6-19(29)12-17(11-18)25-24(30)22-13-23(34-26-22)16-3-4-16/h13,16-21H,2-12,14-15H2,1H3,(H,25,30)/t17?,18-,19+,20?,21?. The number of hydrogen-bond acceptors (Lipinski definition) is 7. The van der Waals surface area contributed by atoms with Gasteiger partial charge in [0.2, 0.25) is 0 Å². The van der Waals surface area contributed by atoms with Gasteiger partial charge in [-0.2, -0.15) is 17.0 Å². The number of nitrogens with zero attached hydrogens (tertiary/aromatic N) is 4. The van der Waals surface area contributed by atoms with Gasteiger partial charge in [0.15, 0.2) is 5.69 Å². The van der Waals surface area contributed by atoms with Crippen LogP contribution < -0.4 is 5.32 Å². The minimum atomic E-state index is -3.52. The van der Waals surface area contributed by atoms with Gasteiger partial charge in [0, 0.05) is 75.5 Å². The lowest BCUT2D eigenvalue weighted by Crippen LogP contribution is -2.61. The average Bonchev–Trinajstić information content (AvgIpc) is 3.43. The van der Waals surface area contributed by atoms with E-state index in [9.17, 15) is 13.2 Å². The van der Waals surface area contributed by atoms with Crippen molar-refractivity contribution < 1.29 is 22.5 Å². The lowest BCUT2D eigenvalue weighted by molar-refractivity contribution is 0.0849. The van der Waals surface area contributed by atoms with Crippen LogP contribution in [0, 0.1) is 0 Å². The predicted octanol–water partition coefficient (Wildman–Crippen LogP) is 1.71. The fourth-order valence-electron chi connectivity index (χ4n) is 6.87. The Balaban J connectivity index is 1.08. The van der Waals surface area contributed by atoms with Crippen molar-refractivity contribution in [2.45, 2.75) is 93.9 Å². The average molecular weight is 508 g/mol. The first-order valence-corrected chi connectivity index (χ1v) is 14.6. The van der Waals surface area contributed by atoms with Crippen molar-refractivity contribution in [1.82, 2.24) is 24.0 Å². The number of rotatable bonds is 9. The van der Waals surface area contributed by atoms with Gasteiger partial charge in [-0.3, -0.25) is 9.69 Å². The molecule has 0 aromatic carbocycles. The molecule has 4 aliphatic heterocycles. The molecule has 0 spiro atoms. The Bertz CT molecular complexity index is 1010. The summed E-state index contributed by atoms with van der Waals surface area (Å²) >= 11 is 0. The fraction of sp³-hybridized carbons (Fsp3) is 0.833. The molecule has 35 heavy (non-hydrogen) atoms. The fourth-order valence-corrected chi connectivity index (χ4v) is 9.00. The van der Waals surface area contributed by atoms with Gasteiger partial charge in [0.25, 0.3) is 16.1 Å². The number of carbonyl (C=O) groups excluding carboxylic acids is 1. The summed E-state index contributed by atoms with van der Waals surface area (Å²) in [6, 6.07) is 2.21. The monoisotopic (exact) mass is 507 g/mol. The first-order chi connectivity index (χ1) is 16.9. The van der Waals surface area contributed by atoms with Crippen LogP contribution in [0.15, 0.2) is 10.6 Å². The first-order valence-electron chi connectivity index (χ1n) is 13.2. The number of fused-ring (bicyclic) bond motifs is 4. The molecule has 1 aromatic rings. The van der Waals surface area contributed by atoms with E-state index in [1.54, 1.807) is 21.8 Å². The van der Waals surface area contributed by atoms with E-state index in [4.69, 9.17) is 9.26 Å². The molecule has 10 nitrogen and oxygen atoms in total. The summed E-state index contributed by atoms with van der Waals surface area (Å²) in [7, 11) is -1.80. The second kappa shape index (κ2) is 9.41. The summed E-state index contributed by atoms with van der Waals surface area (Å²) in [5, 5.41) is 7.05. The van der Waals surface area contributed by atoms with Crippen molar-refractivity contribution in [2.24, 2.45) is 0 Å². The molecule has 1 amide bonds. The molecule has 5 heterocycles. The third kappa shape index (κ3) is 4.54. The van der Waals surface area contributed by atoms with Crippen LogP contribution in [0.2, 0.25) is 0 Å². The number of amides is 1. The van der Waals surface area contributed by atoms with Gasteiger partial charge < -0.3 is 14.6 Å². The molecule has 0 radical (unpaired) electrons. The molecule has 1 saturated carbocycles. The summed E-state index contributed by atoms with van der Waals surface area (Å²) < 4.78 is 41.7. The van der Waals surface area contributed by atoms with Crippen molar-refractivity contribution in [3.8, 4) is 0 Å². The Kier molecular flexibility index (Phi) is 6.41. The molecule has 1 N–H and O–H groups in total. The summed E-state index contributed by atoms with van der Waals surface area (Å²) in [5.41, 5.74) is 0.327. The summed E-state index contributed by atoms with van der Waals surface area (Å²) in [6.45, 7) is 2.88. The van der Waals surface area contributed by atoms with Crippen LogP contribution in [0.4, 0.5) is 0 Å². The SMILES string of the molecule is COCCCN1C2CCC1CN(S(=O)(=O)N1[C@@H]3CC[C@H]1CC(NC(=O)c1cc(C4CC4)on1)C3)C2. The number of nitrogens with one attached hydrogen (secondary N) is 1. The van der Waals surface area contributed by atoms with Gasteiger partial charge in [-0.05, 0) is 57.8 Å². The number of carbonyl (C=O) groups is 1. The molecule has 5 atom stereocenters. The maximum Gasteiger partial charge on any atom is 0.282 e. The molecule has 1 aromatic heterocycles. The topological polar surface area (TPSA) is 108 Å². The zero-order valence-corrected chi connectivity index (χ0v) is 21.3. The first kappa shape index (κ1) is 23.8. The Morgan fingerprint density at radius 2 is 1.74 bits per heavy atom. The second-order valence-corrected chi connectivity index (χ2v) is 12.9. The van der Waals surface area contributed by atoms with Gasteiger partial charge >= 0.3 is 0 Å². The number of methoxy groups -OCH3 is 1. The lowest BCUT2D eigenvalue weighted by Gasteiger charge is -2.45. The highest BCUT2D eigenvalue weighted by Gasteiger charge is 2.51. The Hall–Kier alpha value is -1.53. The van der Waals surface area contributed by atoms with E-state index in [1.807, 2.05) is 0 Å². The van der Waals surface area contributed by atoms with Crippen molar-refractivity contribution >= 4 is 16.1 Å². The molecule has 11 heteroatoms. The Morgan fingerprint density at radius 3 is 2.37 bits per heavy atom. The van der Waals surface area contributed by atoms with E-state index in [1.165, 1.54) is 0 Å². The minimum Gasteiger partial charge on any atom is -0.385 e. The van der Waals surface area contributed by atoms with Gasteiger partial charge in [-0.15, -0.1) is 0 Å². The van der Waals surface area contributed by atoms with Crippen LogP contribution in [-0.2, 0) is 14.9 Å². The lowest BCUT2D eigenvalue weighted by atomic mass is 9.99. The van der Waals surface area contributed by atoms with E-state index < -0.39 is 10.2 Å². The summed E-state index contributed by atoms with van der Waals surface area (Å²) in [4.78, 5) is 15.2. The predicted molar refractivity (Wildman–Crippen MR) is 128 cm³/mol. The van der Waals surface area contributed by atoms with E-state index in [2.05, 4.69) is 15.4 Å². The molecule has 5 aliphatic rings. The van der Waals surface area contributed by atoms with Gasteiger partial charge in [-0.25, -0.2) is 0 Å². The molecular formula is C24H37N5O5S. The van der Waals surface area contributed by atoms with Crippen LogP contribution in [0.1, 0.15) is 80.0 Å². The van der Waals surface area contributed by atoms with E-state index >= 15 is 0 Å². The van der Waals surface area contributed by atoms with Crippen molar-refractivity contribution in [1.29, 1.82) is 0 Å². The third-order valence-corrected chi connectivity index (χ3v) is 10.8. The van der Waals surface area contributed by atoms with Gasteiger partial charge in [0.05, 0.1) is 0 Å². The van der Waals surface area contributed by atoms with Crippen molar-refractivity contribution in [2.75, 3.05) is 33.4 Å².